The molecule has 1 aromatic carbocycles. The molecule has 4 aliphatic heterocycles. The summed E-state index contributed by atoms with van der Waals surface area (Å²) in [4.78, 5) is 48.3. The van der Waals surface area contributed by atoms with Crippen molar-refractivity contribution in [3.8, 4) is 0 Å². The fourth-order valence-electron chi connectivity index (χ4n) is 6.73. The summed E-state index contributed by atoms with van der Waals surface area (Å²) in [5, 5.41) is 10.3. The molecule has 5 rings (SSSR count). The quantitative estimate of drug-likeness (QED) is 0.541. The van der Waals surface area contributed by atoms with E-state index < -0.39 is 28.7 Å². The molecule has 0 aromatic heterocycles. The van der Waals surface area contributed by atoms with Crippen LogP contribution in [0.3, 0.4) is 0 Å². The number of hydrogen-bond donors (Lipinski definition) is 1. The number of benzene rings is 1. The maximum Gasteiger partial charge on any atom is 0.247 e. The number of carbonyl (C=O) groups excluding carboxylic acids is 3. The maximum atomic E-state index is 14.5. The van der Waals surface area contributed by atoms with Gasteiger partial charge in [-0.15, -0.1) is 11.8 Å². The van der Waals surface area contributed by atoms with Crippen molar-refractivity contribution in [3.05, 3.63) is 60.2 Å². The van der Waals surface area contributed by atoms with E-state index in [2.05, 4.69) is 6.08 Å². The minimum atomic E-state index is -0.857. The van der Waals surface area contributed by atoms with Gasteiger partial charge in [0.2, 0.25) is 17.7 Å². The van der Waals surface area contributed by atoms with Crippen molar-refractivity contribution < 1.29 is 19.5 Å². The molecule has 7 atom stereocenters. The van der Waals surface area contributed by atoms with Gasteiger partial charge in [-0.2, -0.15) is 0 Å². The fraction of sp³-hybridized carbons (Fsp3) is 0.567. The van der Waals surface area contributed by atoms with E-state index in [0.29, 0.717) is 19.6 Å². The average molecular weight is 538 g/mol. The summed E-state index contributed by atoms with van der Waals surface area (Å²) in [5.41, 5.74) is 1.04. The topological polar surface area (TPSA) is 81.2 Å². The molecule has 0 saturated carbocycles. The standard InChI is InChI=1S/C30H39N3O4S/c1-5-20(4)22(18-34)33-26-29(37)32(19(2)3)16-10-14-30(26)25(28(33)36)24-23(38-30)13-9-15-31(27(24)35)17-21-11-7-6-8-12-21/h6-14,19-20,22-26,34H,5,15-18H2,1-4H3/t20-,22-,23-,24+,25-,26?,30-/m0/s1. The van der Waals surface area contributed by atoms with Crippen LogP contribution in [0.4, 0.5) is 0 Å². The van der Waals surface area contributed by atoms with Crippen LogP contribution >= 0.6 is 11.8 Å². The van der Waals surface area contributed by atoms with E-state index >= 15 is 0 Å². The lowest BCUT2D eigenvalue weighted by Gasteiger charge is -2.41. The van der Waals surface area contributed by atoms with E-state index in [1.807, 2.05) is 86.1 Å². The van der Waals surface area contributed by atoms with Gasteiger partial charge in [0.05, 0.1) is 29.2 Å². The molecule has 1 unspecified atom stereocenters. The van der Waals surface area contributed by atoms with Gasteiger partial charge >= 0.3 is 0 Å². The van der Waals surface area contributed by atoms with Crippen LogP contribution in [0.1, 0.15) is 39.7 Å². The lowest BCUT2D eigenvalue weighted by Crippen LogP contribution is -2.58. The fourth-order valence-corrected chi connectivity index (χ4v) is 8.72. The van der Waals surface area contributed by atoms with Gasteiger partial charge in [0.15, 0.2) is 0 Å². The first kappa shape index (κ1) is 27.0. The SMILES string of the molecule is CC[C@H](C)[C@H](CO)N1C(=O)[C@@H]2[C@@H]3C(=O)N(Cc4ccccc4)CC=C[C@@H]3S[C@@]23C=CCN(C(C)C)C(=O)C13. The van der Waals surface area contributed by atoms with Gasteiger partial charge < -0.3 is 19.8 Å². The molecule has 1 aromatic rings. The van der Waals surface area contributed by atoms with Crippen LogP contribution in [-0.2, 0) is 20.9 Å². The highest BCUT2D eigenvalue weighted by molar-refractivity contribution is 8.02. The van der Waals surface area contributed by atoms with E-state index in [4.69, 9.17) is 0 Å². The predicted molar refractivity (Wildman–Crippen MR) is 149 cm³/mol. The molecule has 4 heterocycles. The Balaban J connectivity index is 1.59. The van der Waals surface area contributed by atoms with E-state index in [0.717, 1.165) is 12.0 Å². The number of thioether (sulfide) groups is 1. The summed E-state index contributed by atoms with van der Waals surface area (Å²) in [6.45, 7) is 9.24. The number of amides is 3. The van der Waals surface area contributed by atoms with Crippen LogP contribution in [0.5, 0.6) is 0 Å². The highest BCUT2D eigenvalue weighted by Crippen LogP contribution is 2.61. The van der Waals surface area contributed by atoms with E-state index in [1.54, 1.807) is 16.7 Å². The minimum Gasteiger partial charge on any atom is -0.394 e. The molecule has 4 aliphatic rings. The largest absolute Gasteiger partial charge is 0.394 e. The molecule has 38 heavy (non-hydrogen) atoms. The third kappa shape index (κ3) is 4.20. The third-order valence-corrected chi connectivity index (χ3v) is 10.6. The summed E-state index contributed by atoms with van der Waals surface area (Å²) < 4.78 is -0.857. The number of nitrogens with zero attached hydrogens (tertiary/aromatic N) is 3. The number of hydrogen-bond acceptors (Lipinski definition) is 5. The van der Waals surface area contributed by atoms with Crippen molar-refractivity contribution in [2.45, 2.75) is 68.8 Å². The second kappa shape index (κ2) is 10.5. The van der Waals surface area contributed by atoms with Crippen molar-refractivity contribution in [1.29, 1.82) is 0 Å². The molecule has 0 radical (unpaired) electrons. The van der Waals surface area contributed by atoms with Crippen LogP contribution < -0.4 is 0 Å². The summed E-state index contributed by atoms with van der Waals surface area (Å²) in [6, 6.07) is 8.62. The van der Waals surface area contributed by atoms with Crippen molar-refractivity contribution in [3.63, 3.8) is 0 Å². The van der Waals surface area contributed by atoms with Crippen LogP contribution in [0.25, 0.3) is 0 Å². The van der Waals surface area contributed by atoms with Crippen molar-refractivity contribution in [2.75, 3.05) is 19.7 Å². The molecule has 1 spiro atoms. The van der Waals surface area contributed by atoms with Crippen LogP contribution in [0.2, 0.25) is 0 Å². The van der Waals surface area contributed by atoms with E-state index in [9.17, 15) is 19.5 Å². The van der Waals surface area contributed by atoms with Crippen molar-refractivity contribution >= 4 is 29.5 Å². The molecule has 7 nitrogen and oxygen atoms in total. The van der Waals surface area contributed by atoms with Gasteiger partial charge in [0, 0.05) is 30.9 Å². The second-order valence-corrected chi connectivity index (χ2v) is 12.8. The third-order valence-electron chi connectivity index (χ3n) is 8.90. The van der Waals surface area contributed by atoms with Crippen molar-refractivity contribution in [1.82, 2.24) is 14.7 Å². The molecular weight excluding hydrogens is 498 g/mol. The summed E-state index contributed by atoms with van der Waals surface area (Å²) in [7, 11) is 0. The molecule has 2 fully saturated rings. The summed E-state index contributed by atoms with van der Waals surface area (Å²) in [5.74, 6) is -1.54. The Morgan fingerprint density at radius 3 is 2.42 bits per heavy atom. The highest BCUT2D eigenvalue weighted by atomic mass is 32.2. The van der Waals surface area contributed by atoms with Gasteiger partial charge in [-0.25, -0.2) is 0 Å². The monoisotopic (exact) mass is 537 g/mol. The minimum absolute atomic E-state index is 0.00691. The molecule has 204 valence electrons. The smallest absolute Gasteiger partial charge is 0.247 e. The molecule has 1 N–H and O–H groups in total. The first-order chi connectivity index (χ1) is 18.2. The number of rotatable bonds is 7. The van der Waals surface area contributed by atoms with E-state index in [1.165, 1.54) is 0 Å². The van der Waals surface area contributed by atoms with Gasteiger partial charge in [0.1, 0.15) is 6.04 Å². The molecular formula is C30H39N3O4S. The Morgan fingerprint density at radius 1 is 1.03 bits per heavy atom. The molecule has 3 amide bonds. The Morgan fingerprint density at radius 2 is 1.76 bits per heavy atom. The zero-order chi connectivity index (χ0) is 27.2. The number of carbonyl (C=O) groups is 3. The normalized spacial score (nSPS) is 32.3. The first-order valence-electron chi connectivity index (χ1n) is 13.8. The molecule has 0 bridgehead atoms. The van der Waals surface area contributed by atoms with Gasteiger partial charge in [-0.3, -0.25) is 14.4 Å². The molecule has 2 saturated heterocycles. The summed E-state index contributed by atoms with van der Waals surface area (Å²) >= 11 is 1.59. The Hall–Kier alpha value is -2.58. The zero-order valence-corrected chi connectivity index (χ0v) is 23.5. The average Bonchev–Trinajstić information content (AvgIpc) is 3.22. The van der Waals surface area contributed by atoms with Gasteiger partial charge in [-0.1, -0.05) is 74.9 Å². The van der Waals surface area contributed by atoms with Gasteiger partial charge in [0.25, 0.3) is 0 Å². The molecule has 8 heteroatoms. The number of aliphatic hydroxyl groups is 1. The van der Waals surface area contributed by atoms with Gasteiger partial charge in [-0.05, 0) is 25.3 Å². The van der Waals surface area contributed by atoms with Crippen LogP contribution in [0, 0.1) is 17.8 Å². The van der Waals surface area contributed by atoms with Crippen molar-refractivity contribution in [2.24, 2.45) is 17.8 Å². The Kier molecular flexibility index (Phi) is 7.48. The molecule has 0 aliphatic carbocycles. The first-order valence-corrected chi connectivity index (χ1v) is 14.7. The number of fused-ring (bicyclic) bond motifs is 2. The second-order valence-electron chi connectivity index (χ2n) is 11.3. The maximum absolute atomic E-state index is 14.5. The number of likely N-dealkylation sites (tertiary alicyclic amines) is 1. The van der Waals surface area contributed by atoms with E-state index in [-0.39, 0.29) is 41.5 Å². The Bertz CT molecular complexity index is 1140. The highest BCUT2D eigenvalue weighted by Gasteiger charge is 2.72. The lowest BCUT2D eigenvalue weighted by molar-refractivity contribution is -0.148. The summed E-state index contributed by atoms with van der Waals surface area (Å²) in [6.07, 6.45) is 8.93. The van der Waals surface area contributed by atoms with Crippen LogP contribution in [0.15, 0.2) is 54.6 Å². The predicted octanol–water partition coefficient (Wildman–Crippen LogP) is 3.10. The zero-order valence-electron chi connectivity index (χ0n) is 22.7. The number of aliphatic hydroxyl groups excluding tert-OH is 1. The Labute approximate surface area is 229 Å². The van der Waals surface area contributed by atoms with Crippen LogP contribution in [-0.4, -0.2) is 85.3 Å². The lowest BCUT2D eigenvalue weighted by atomic mass is 9.78.